The van der Waals surface area contributed by atoms with Crippen molar-refractivity contribution in [3.05, 3.63) is 59.7 Å². The minimum absolute atomic E-state index is 0.0781. The molecule has 20 heavy (non-hydrogen) atoms. The number of hydrogen-bond donors (Lipinski definition) is 1. The summed E-state index contributed by atoms with van der Waals surface area (Å²) in [5.41, 5.74) is 8.08. The van der Waals surface area contributed by atoms with Gasteiger partial charge in [-0.25, -0.2) is 0 Å². The third-order valence-corrected chi connectivity index (χ3v) is 3.19. The molecule has 2 aromatic rings. The maximum absolute atomic E-state index is 8.62. The number of hydrogen-bond acceptors (Lipinski definition) is 3. The van der Waals surface area contributed by atoms with Gasteiger partial charge in [0.1, 0.15) is 11.5 Å². The van der Waals surface area contributed by atoms with Gasteiger partial charge in [-0.05, 0) is 41.8 Å². The topological polar surface area (TPSA) is 59.0 Å². The van der Waals surface area contributed by atoms with E-state index in [9.17, 15) is 0 Å². The molecule has 3 nitrogen and oxygen atoms in total. The Labute approximate surface area is 119 Å². The molecule has 0 amide bonds. The van der Waals surface area contributed by atoms with E-state index in [1.165, 1.54) is 0 Å². The Morgan fingerprint density at radius 1 is 1.05 bits per heavy atom. The predicted octanol–water partition coefficient (Wildman–Crippen LogP) is 3.95. The Morgan fingerprint density at radius 3 is 2.10 bits per heavy atom. The molecule has 0 aliphatic heterocycles. The van der Waals surface area contributed by atoms with Crippen LogP contribution in [0.5, 0.6) is 11.5 Å². The summed E-state index contributed by atoms with van der Waals surface area (Å²) in [5, 5.41) is 8.62. The minimum atomic E-state index is 0.0781. The smallest absolute Gasteiger partial charge is 0.127 e. The predicted molar refractivity (Wildman–Crippen MR) is 79.5 cm³/mol. The molecule has 0 aliphatic carbocycles. The standard InChI is InChI=1S/C17H18N2O/c1-2-17(19)14-5-9-16(10-6-14)20-15-7-3-13(4-8-15)11-12-18/h3-10,17H,2,11,19H2,1H3. The monoisotopic (exact) mass is 266 g/mol. The zero-order chi connectivity index (χ0) is 14.4. The number of nitriles is 1. The Morgan fingerprint density at radius 2 is 1.60 bits per heavy atom. The molecule has 102 valence electrons. The molecule has 1 unspecified atom stereocenters. The second-order valence-electron chi connectivity index (χ2n) is 4.66. The molecule has 1 atom stereocenters. The number of rotatable bonds is 5. The summed E-state index contributed by atoms with van der Waals surface area (Å²) in [6.45, 7) is 2.07. The fourth-order valence-electron chi connectivity index (χ4n) is 1.92. The van der Waals surface area contributed by atoms with Crippen LogP contribution in [-0.4, -0.2) is 0 Å². The minimum Gasteiger partial charge on any atom is -0.457 e. The molecule has 0 aromatic heterocycles. The highest BCUT2D eigenvalue weighted by Crippen LogP contribution is 2.24. The van der Waals surface area contributed by atoms with Crippen LogP contribution in [0.15, 0.2) is 48.5 Å². The van der Waals surface area contributed by atoms with Crippen molar-refractivity contribution in [1.82, 2.24) is 0 Å². The van der Waals surface area contributed by atoms with Crippen LogP contribution in [0.25, 0.3) is 0 Å². The second kappa shape index (κ2) is 6.74. The highest BCUT2D eigenvalue weighted by molar-refractivity contribution is 5.35. The van der Waals surface area contributed by atoms with Crippen LogP contribution in [0.2, 0.25) is 0 Å². The van der Waals surface area contributed by atoms with Crippen molar-refractivity contribution in [2.45, 2.75) is 25.8 Å². The molecule has 2 N–H and O–H groups in total. The van der Waals surface area contributed by atoms with E-state index >= 15 is 0 Å². The van der Waals surface area contributed by atoms with Gasteiger partial charge in [-0.3, -0.25) is 0 Å². The molecule has 2 aromatic carbocycles. The lowest BCUT2D eigenvalue weighted by Crippen LogP contribution is -2.07. The van der Waals surface area contributed by atoms with Crippen molar-refractivity contribution < 1.29 is 4.74 Å². The van der Waals surface area contributed by atoms with Crippen LogP contribution < -0.4 is 10.5 Å². The Balaban J connectivity index is 2.04. The average molecular weight is 266 g/mol. The van der Waals surface area contributed by atoms with Gasteiger partial charge in [0.2, 0.25) is 0 Å². The van der Waals surface area contributed by atoms with E-state index in [1.54, 1.807) is 0 Å². The van der Waals surface area contributed by atoms with Crippen molar-refractivity contribution in [2.24, 2.45) is 5.73 Å². The van der Waals surface area contributed by atoms with Crippen LogP contribution in [0.1, 0.15) is 30.5 Å². The van der Waals surface area contributed by atoms with Gasteiger partial charge in [-0.2, -0.15) is 5.26 Å². The molecule has 2 rings (SSSR count). The highest BCUT2D eigenvalue weighted by Gasteiger charge is 2.03. The van der Waals surface area contributed by atoms with Gasteiger partial charge in [0.25, 0.3) is 0 Å². The van der Waals surface area contributed by atoms with E-state index in [1.807, 2.05) is 48.5 Å². The van der Waals surface area contributed by atoms with E-state index in [0.717, 1.165) is 29.0 Å². The summed E-state index contributed by atoms with van der Waals surface area (Å²) in [6.07, 6.45) is 1.34. The number of nitrogens with zero attached hydrogens (tertiary/aromatic N) is 1. The van der Waals surface area contributed by atoms with Gasteiger partial charge >= 0.3 is 0 Å². The zero-order valence-corrected chi connectivity index (χ0v) is 11.5. The number of nitrogens with two attached hydrogens (primary N) is 1. The first-order valence-corrected chi connectivity index (χ1v) is 6.72. The van der Waals surface area contributed by atoms with Crippen molar-refractivity contribution in [1.29, 1.82) is 5.26 Å². The Hall–Kier alpha value is -2.31. The van der Waals surface area contributed by atoms with Crippen molar-refractivity contribution >= 4 is 0 Å². The summed E-state index contributed by atoms with van der Waals surface area (Å²) in [7, 11) is 0. The normalized spacial score (nSPS) is 11.7. The SMILES string of the molecule is CCC(N)c1ccc(Oc2ccc(CC#N)cc2)cc1. The summed E-state index contributed by atoms with van der Waals surface area (Å²) in [5.74, 6) is 1.55. The van der Waals surface area contributed by atoms with Gasteiger partial charge in [0, 0.05) is 6.04 Å². The highest BCUT2D eigenvalue weighted by atomic mass is 16.5. The maximum Gasteiger partial charge on any atom is 0.127 e. The molecule has 0 fully saturated rings. The first-order valence-electron chi connectivity index (χ1n) is 6.72. The van der Waals surface area contributed by atoms with Crippen LogP contribution >= 0.6 is 0 Å². The van der Waals surface area contributed by atoms with E-state index < -0.39 is 0 Å². The molecule has 0 heterocycles. The fourth-order valence-corrected chi connectivity index (χ4v) is 1.92. The lowest BCUT2D eigenvalue weighted by atomic mass is 10.1. The lowest BCUT2D eigenvalue weighted by Gasteiger charge is -2.10. The van der Waals surface area contributed by atoms with E-state index in [0.29, 0.717) is 6.42 Å². The molecule has 0 radical (unpaired) electrons. The third-order valence-electron chi connectivity index (χ3n) is 3.19. The van der Waals surface area contributed by atoms with E-state index in [-0.39, 0.29) is 6.04 Å². The van der Waals surface area contributed by atoms with E-state index in [2.05, 4.69) is 13.0 Å². The molecular weight excluding hydrogens is 248 g/mol. The summed E-state index contributed by atoms with van der Waals surface area (Å²) in [4.78, 5) is 0. The Bertz CT molecular complexity index is 582. The van der Waals surface area contributed by atoms with Gasteiger partial charge in [0.05, 0.1) is 12.5 Å². The number of ether oxygens (including phenoxy) is 1. The molecule has 0 spiro atoms. The molecular formula is C17H18N2O. The van der Waals surface area contributed by atoms with Crippen LogP contribution in [0.3, 0.4) is 0 Å². The summed E-state index contributed by atoms with van der Waals surface area (Å²) in [6, 6.07) is 17.6. The fraction of sp³-hybridized carbons (Fsp3) is 0.235. The lowest BCUT2D eigenvalue weighted by molar-refractivity contribution is 0.482. The van der Waals surface area contributed by atoms with Crippen LogP contribution in [0, 0.1) is 11.3 Å². The van der Waals surface area contributed by atoms with Gasteiger partial charge in [0.15, 0.2) is 0 Å². The average Bonchev–Trinajstić information content (AvgIpc) is 2.49. The summed E-state index contributed by atoms with van der Waals surface area (Å²) < 4.78 is 5.76. The zero-order valence-electron chi connectivity index (χ0n) is 11.5. The van der Waals surface area contributed by atoms with E-state index in [4.69, 9.17) is 15.7 Å². The Kier molecular flexibility index (Phi) is 4.75. The molecule has 3 heteroatoms. The molecule has 0 aliphatic rings. The first-order chi connectivity index (χ1) is 9.72. The second-order valence-corrected chi connectivity index (χ2v) is 4.66. The van der Waals surface area contributed by atoms with Crippen molar-refractivity contribution in [3.8, 4) is 17.6 Å². The maximum atomic E-state index is 8.62. The number of benzene rings is 2. The largest absolute Gasteiger partial charge is 0.457 e. The van der Waals surface area contributed by atoms with Crippen LogP contribution in [-0.2, 0) is 6.42 Å². The molecule has 0 bridgehead atoms. The first kappa shape index (κ1) is 14.1. The van der Waals surface area contributed by atoms with Crippen molar-refractivity contribution in [2.75, 3.05) is 0 Å². The van der Waals surface area contributed by atoms with Crippen LogP contribution in [0.4, 0.5) is 0 Å². The van der Waals surface area contributed by atoms with Gasteiger partial charge in [-0.1, -0.05) is 31.2 Å². The van der Waals surface area contributed by atoms with Gasteiger partial charge < -0.3 is 10.5 Å². The quantitative estimate of drug-likeness (QED) is 0.891. The van der Waals surface area contributed by atoms with Crippen molar-refractivity contribution in [3.63, 3.8) is 0 Å². The summed E-state index contributed by atoms with van der Waals surface area (Å²) >= 11 is 0. The van der Waals surface area contributed by atoms with Gasteiger partial charge in [-0.15, -0.1) is 0 Å². The third kappa shape index (κ3) is 3.59. The molecule has 0 saturated carbocycles. The molecule has 0 saturated heterocycles.